The second-order valence-corrected chi connectivity index (χ2v) is 8.95. The lowest BCUT2D eigenvalue weighted by Crippen LogP contribution is -2.39. The van der Waals surface area contributed by atoms with Gasteiger partial charge in [-0.2, -0.15) is 0 Å². The molecule has 0 bridgehead atoms. The zero-order chi connectivity index (χ0) is 20.4. The van der Waals surface area contributed by atoms with Gasteiger partial charge in [-0.1, -0.05) is 19.9 Å². The standard InChI is InChI=1S/C22H29N5O2/c1-22(2)12-18(25-20(29)11-15-5-3-4-8-23-15)17-14-24-21(26-19(17)13-22)27-9-6-16(28)7-10-27/h3-5,8,14,16,18,28H,6-7,9-13H2,1-2H3,(H,25,29). The van der Waals surface area contributed by atoms with Gasteiger partial charge in [-0.3, -0.25) is 9.78 Å². The molecule has 1 unspecified atom stereocenters. The number of nitrogens with zero attached hydrogens (tertiary/aromatic N) is 4. The molecule has 2 aliphatic rings. The van der Waals surface area contributed by atoms with E-state index in [-0.39, 0.29) is 29.9 Å². The van der Waals surface area contributed by atoms with Crippen LogP contribution < -0.4 is 10.2 Å². The summed E-state index contributed by atoms with van der Waals surface area (Å²) in [5, 5.41) is 12.9. The Labute approximate surface area is 171 Å². The molecule has 0 saturated carbocycles. The van der Waals surface area contributed by atoms with Gasteiger partial charge in [0, 0.05) is 36.7 Å². The minimum absolute atomic E-state index is 0.0357. The molecule has 1 aliphatic carbocycles. The van der Waals surface area contributed by atoms with Crippen LogP contribution in [0.25, 0.3) is 0 Å². The molecule has 0 aromatic carbocycles. The van der Waals surface area contributed by atoms with Crippen molar-refractivity contribution in [2.24, 2.45) is 5.41 Å². The molecule has 1 aliphatic heterocycles. The summed E-state index contributed by atoms with van der Waals surface area (Å²) < 4.78 is 0. The number of anilines is 1. The Morgan fingerprint density at radius 3 is 2.79 bits per heavy atom. The third-order valence-corrected chi connectivity index (χ3v) is 5.82. The number of hydrogen-bond donors (Lipinski definition) is 2. The van der Waals surface area contributed by atoms with Crippen molar-refractivity contribution in [3.8, 4) is 0 Å². The van der Waals surface area contributed by atoms with E-state index in [1.54, 1.807) is 6.20 Å². The number of piperidine rings is 1. The highest BCUT2D eigenvalue weighted by Gasteiger charge is 2.35. The molecule has 154 valence electrons. The summed E-state index contributed by atoms with van der Waals surface area (Å²) >= 11 is 0. The number of hydrogen-bond acceptors (Lipinski definition) is 6. The van der Waals surface area contributed by atoms with Crippen LogP contribution in [0.5, 0.6) is 0 Å². The van der Waals surface area contributed by atoms with Gasteiger partial charge in [0.15, 0.2) is 0 Å². The number of pyridine rings is 1. The van der Waals surface area contributed by atoms with Crippen LogP contribution in [0.3, 0.4) is 0 Å². The first kappa shape index (κ1) is 19.8. The number of fused-ring (bicyclic) bond motifs is 1. The molecule has 1 atom stereocenters. The maximum Gasteiger partial charge on any atom is 0.226 e. The Morgan fingerprint density at radius 1 is 1.28 bits per heavy atom. The van der Waals surface area contributed by atoms with Crippen LogP contribution in [-0.2, 0) is 17.6 Å². The zero-order valence-corrected chi connectivity index (χ0v) is 17.1. The minimum atomic E-state index is -0.221. The van der Waals surface area contributed by atoms with E-state index in [0.29, 0.717) is 0 Å². The second kappa shape index (κ2) is 8.06. The fourth-order valence-corrected chi connectivity index (χ4v) is 4.30. The Balaban J connectivity index is 1.52. The zero-order valence-electron chi connectivity index (χ0n) is 17.1. The SMILES string of the molecule is CC1(C)Cc2nc(N3CCC(O)CC3)ncc2C(NC(=O)Cc2ccccn2)C1. The Kier molecular flexibility index (Phi) is 5.50. The fraction of sp³-hybridized carbons (Fsp3) is 0.545. The van der Waals surface area contributed by atoms with E-state index in [1.165, 1.54) is 0 Å². The number of aliphatic hydroxyl groups excluding tert-OH is 1. The normalized spacial score (nSPS) is 21.5. The number of carbonyl (C=O) groups is 1. The van der Waals surface area contributed by atoms with Crippen LogP contribution in [0.15, 0.2) is 30.6 Å². The van der Waals surface area contributed by atoms with Crippen LogP contribution in [-0.4, -0.2) is 45.2 Å². The van der Waals surface area contributed by atoms with Gasteiger partial charge in [-0.25, -0.2) is 9.97 Å². The Hall–Kier alpha value is -2.54. The van der Waals surface area contributed by atoms with Crippen molar-refractivity contribution in [2.75, 3.05) is 18.0 Å². The molecule has 7 heteroatoms. The quantitative estimate of drug-likeness (QED) is 0.825. The first-order chi connectivity index (χ1) is 13.9. The van der Waals surface area contributed by atoms with E-state index < -0.39 is 0 Å². The molecule has 1 fully saturated rings. The van der Waals surface area contributed by atoms with Gasteiger partial charge >= 0.3 is 0 Å². The van der Waals surface area contributed by atoms with E-state index in [2.05, 4.69) is 34.0 Å². The first-order valence-electron chi connectivity index (χ1n) is 10.4. The lowest BCUT2D eigenvalue weighted by Gasteiger charge is -2.37. The molecule has 1 amide bonds. The van der Waals surface area contributed by atoms with Crippen molar-refractivity contribution in [2.45, 2.75) is 58.1 Å². The summed E-state index contributed by atoms with van der Waals surface area (Å²) in [5.74, 6) is 0.693. The predicted molar refractivity (Wildman–Crippen MR) is 110 cm³/mol. The summed E-state index contributed by atoms with van der Waals surface area (Å²) in [4.78, 5) is 28.5. The molecule has 7 nitrogen and oxygen atoms in total. The number of rotatable bonds is 4. The van der Waals surface area contributed by atoms with Gasteiger partial charge in [0.25, 0.3) is 0 Å². The molecule has 29 heavy (non-hydrogen) atoms. The van der Waals surface area contributed by atoms with Crippen molar-refractivity contribution in [3.05, 3.63) is 47.5 Å². The van der Waals surface area contributed by atoms with Gasteiger partial charge in [0.1, 0.15) is 0 Å². The topological polar surface area (TPSA) is 91.2 Å². The number of amides is 1. The summed E-state index contributed by atoms with van der Waals surface area (Å²) in [6, 6.07) is 5.51. The van der Waals surface area contributed by atoms with Crippen LogP contribution in [0.2, 0.25) is 0 Å². The smallest absolute Gasteiger partial charge is 0.226 e. The van der Waals surface area contributed by atoms with E-state index in [1.807, 2.05) is 24.4 Å². The fourth-order valence-electron chi connectivity index (χ4n) is 4.30. The van der Waals surface area contributed by atoms with Gasteiger partial charge in [-0.05, 0) is 43.2 Å². The summed E-state index contributed by atoms with van der Waals surface area (Å²) in [6.07, 6.45) is 6.84. The molecule has 3 heterocycles. The Bertz CT molecular complexity index is 863. The molecule has 2 N–H and O–H groups in total. The largest absolute Gasteiger partial charge is 0.393 e. The van der Waals surface area contributed by atoms with E-state index in [9.17, 15) is 9.90 Å². The monoisotopic (exact) mass is 395 g/mol. The molecule has 1 saturated heterocycles. The van der Waals surface area contributed by atoms with Gasteiger partial charge < -0.3 is 15.3 Å². The van der Waals surface area contributed by atoms with Crippen LogP contribution in [0.4, 0.5) is 5.95 Å². The average molecular weight is 396 g/mol. The third kappa shape index (κ3) is 4.72. The van der Waals surface area contributed by atoms with Gasteiger partial charge in [0.2, 0.25) is 11.9 Å². The second-order valence-electron chi connectivity index (χ2n) is 8.95. The van der Waals surface area contributed by atoms with Crippen molar-refractivity contribution < 1.29 is 9.90 Å². The number of carbonyl (C=O) groups excluding carboxylic acids is 1. The van der Waals surface area contributed by atoms with Crippen molar-refractivity contribution in [1.82, 2.24) is 20.3 Å². The summed E-state index contributed by atoms with van der Waals surface area (Å²) in [7, 11) is 0. The molecule has 2 aromatic heterocycles. The molecule has 4 rings (SSSR count). The highest BCUT2D eigenvalue weighted by Crippen LogP contribution is 2.40. The average Bonchev–Trinajstić information content (AvgIpc) is 2.68. The number of aliphatic hydroxyl groups is 1. The minimum Gasteiger partial charge on any atom is -0.393 e. The lowest BCUT2D eigenvalue weighted by molar-refractivity contribution is -0.121. The van der Waals surface area contributed by atoms with E-state index >= 15 is 0 Å². The van der Waals surface area contributed by atoms with Crippen LogP contribution in [0, 0.1) is 5.41 Å². The first-order valence-corrected chi connectivity index (χ1v) is 10.4. The molecule has 2 aromatic rings. The molecular formula is C22H29N5O2. The van der Waals surface area contributed by atoms with Crippen LogP contribution in [0.1, 0.15) is 56.1 Å². The van der Waals surface area contributed by atoms with Crippen LogP contribution >= 0.6 is 0 Å². The number of aromatic nitrogens is 3. The van der Waals surface area contributed by atoms with Gasteiger partial charge in [-0.15, -0.1) is 0 Å². The maximum atomic E-state index is 12.6. The predicted octanol–water partition coefficient (Wildman–Crippen LogP) is 2.21. The third-order valence-electron chi connectivity index (χ3n) is 5.82. The van der Waals surface area contributed by atoms with Crippen molar-refractivity contribution in [1.29, 1.82) is 0 Å². The van der Waals surface area contributed by atoms with Crippen molar-refractivity contribution in [3.63, 3.8) is 0 Å². The molecule has 0 radical (unpaired) electrons. The highest BCUT2D eigenvalue weighted by molar-refractivity contribution is 5.78. The van der Waals surface area contributed by atoms with E-state index in [0.717, 1.165) is 61.7 Å². The maximum absolute atomic E-state index is 12.6. The van der Waals surface area contributed by atoms with E-state index in [4.69, 9.17) is 4.98 Å². The summed E-state index contributed by atoms with van der Waals surface area (Å²) in [6.45, 7) is 5.97. The van der Waals surface area contributed by atoms with Gasteiger partial charge in [0.05, 0.1) is 24.3 Å². The van der Waals surface area contributed by atoms with Crippen molar-refractivity contribution >= 4 is 11.9 Å². The number of nitrogens with one attached hydrogen (secondary N) is 1. The highest BCUT2D eigenvalue weighted by atomic mass is 16.3. The summed E-state index contributed by atoms with van der Waals surface area (Å²) in [5.41, 5.74) is 2.83. The Morgan fingerprint density at radius 2 is 2.07 bits per heavy atom. The lowest BCUT2D eigenvalue weighted by atomic mass is 9.74. The molecule has 0 spiro atoms. The molecular weight excluding hydrogens is 366 g/mol.